The number of methoxy groups -OCH3 is 5. The van der Waals surface area contributed by atoms with Crippen molar-refractivity contribution in [1.82, 2.24) is 0 Å². The lowest BCUT2D eigenvalue weighted by atomic mass is 9.47. The summed E-state index contributed by atoms with van der Waals surface area (Å²) in [6.07, 6.45) is 34.2. The van der Waals surface area contributed by atoms with E-state index in [0.29, 0.717) is 34.7 Å². The lowest BCUT2D eigenvalue weighted by Gasteiger charge is -2.57. The zero-order chi connectivity index (χ0) is 92.8. The summed E-state index contributed by atoms with van der Waals surface area (Å²) in [5, 5.41) is 39.3. The Morgan fingerprint density at radius 3 is 0.822 bits per heavy atom. The van der Waals surface area contributed by atoms with Gasteiger partial charge in [-0.15, -0.1) is 0 Å². The van der Waals surface area contributed by atoms with Gasteiger partial charge < -0.3 is 38.8 Å². The van der Waals surface area contributed by atoms with Crippen LogP contribution in [0.4, 0.5) is 0 Å². The molecule has 16 bridgehead atoms. The molecule has 30 rings (SSSR count). The van der Waals surface area contributed by atoms with Crippen LogP contribution in [0.25, 0.3) is 82.0 Å². The molecule has 0 spiro atoms. The van der Waals surface area contributed by atoms with E-state index in [1.807, 2.05) is 69.9 Å². The van der Waals surface area contributed by atoms with Crippen molar-refractivity contribution in [2.45, 2.75) is 209 Å². The molecule has 17 aliphatic rings. The fraction of sp³-hybridized carbons (Fsp3) is 0.407. The van der Waals surface area contributed by atoms with Gasteiger partial charge in [-0.3, -0.25) is 4.79 Å². The molecular weight excluding hydrogens is 1790 g/mol. The van der Waals surface area contributed by atoms with E-state index in [1.54, 1.807) is 20.3 Å². The Morgan fingerprint density at radius 1 is 0.274 bits per heavy atom. The number of rotatable bonds is 14. The number of aliphatic hydroxyl groups is 1. The number of ketones is 1. The molecule has 0 atom stereocenters. The number of hydrogen-bond acceptors (Lipinski definition) is 9. The van der Waals surface area contributed by atoms with Crippen LogP contribution in [-0.2, 0) is 26.5 Å². The molecule has 0 amide bonds. The predicted molar refractivity (Wildman–Crippen MR) is 560 cm³/mol. The van der Waals surface area contributed by atoms with Crippen molar-refractivity contribution in [3.8, 4) is 62.1 Å². The lowest BCUT2D eigenvalue weighted by molar-refractivity contribution is -0.113. The first-order valence-electron chi connectivity index (χ1n) is 50.5. The molecule has 13 aromatic carbocycles. The van der Waals surface area contributed by atoms with Gasteiger partial charge in [0.1, 0.15) is 34.5 Å². The second kappa shape index (κ2) is 37.8. The van der Waals surface area contributed by atoms with Crippen molar-refractivity contribution in [3.63, 3.8) is 0 Å². The number of Topliss-reactive ketones (excluding diaryl/α,β-unsaturated/α-hetero) is 1. The zero-order valence-electron chi connectivity index (χ0n) is 80.0. The molecule has 16 fully saturated rings. The number of halogens is 2. The standard InChI is InChI=1S/C32H32O3.2C28H30O.C17H23BO3.C11H9Br.C7H7BrO/c1-35-30-9-6-25(15-27(30)32-16-19-10-20(17-32)12-21(11-19)18-32)23-2-3-24-14-26(5-4-22(24)13-23)31-28(33)7-8-29(31)34;2*1-18-3-4-23-13-24(6-5-22(23)9-18)25-7-8-27(29-2)26(14-25)28-15-19-10-20(16-28)12-21(11-19)17-28;1-21-16-3-2-14(18(19)20)7-15(16)17-8-11-4-12(9-17)6-13(5-11)10-17;1-8-2-3-10-7-11(12)5-4-9(10)6-8;1-9-7-4-2-6(8)3-5-7/h2-6,9,13-15,19-21,33H,7-8,10-12,16-18H2,1H3;2*3-9,13-14,19-21H,10-12,15-17H2,1-2H3;2-3,7,11-13,19-20H,4-6,8-10H2,1H3;2-7H,1H3;2-5H,1H3. The van der Waals surface area contributed by atoms with Gasteiger partial charge in [-0.05, 0) is 464 Å². The molecule has 0 radical (unpaired) electrons. The third kappa shape index (κ3) is 18.6. The zero-order valence-corrected chi connectivity index (χ0v) is 83.2. The summed E-state index contributed by atoms with van der Waals surface area (Å²) in [7, 11) is 7.48. The lowest BCUT2D eigenvalue weighted by Crippen LogP contribution is -2.49. The van der Waals surface area contributed by atoms with Crippen LogP contribution in [0.2, 0.25) is 0 Å². The van der Waals surface area contributed by atoms with E-state index >= 15 is 0 Å². The first-order chi connectivity index (χ1) is 65.4. The van der Waals surface area contributed by atoms with Crippen LogP contribution >= 0.6 is 31.9 Å². The average Bonchev–Trinajstić information content (AvgIpc) is 0.851. The number of aliphatic hydroxyl groups excluding tert-OH is 1. The smallest absolute Gasteiger partial charge is 0.488 e. The molecule has 694 valence electrons. The molecule has 135 heavy (non-hydrogen) atoms. The van der Waals surface area contributed by atoms with E-state index < -0.39 is 7.12 Å². The highest BCUT2D eigenvalue weighted by Gasteiger charge is 2.57. The van der Waals surface area contributed by atoms with Gasteiger partial charge in [0.15, 0.2) is 5.78 Å². The molecule has 9 nitrogen and oxygen atoms in total. The Bertz CT molecular complexity index is 6320. The number of hydrogen-bond donors (Lipinski definition) is 3. The maximum absolute atomic E-state index is 12.2. The summed E-state index contributed by atoms with van der Waals surface area (Å²) >= 11 is 6.77. The van der Waals surface area contributed by atoms with Crippen LogP contribution in [0.1, 0.15) is 211 Å². The van der Waals surface area contributed by atoms with Crippen molar-refractivity contribution < 1.29 is 43.6 Å². The maximum Gasteiger partial charge on any atom is 0.488 e. The molecule has 17 aliphatic carbocycles. The normalized spacial score (nSPS) is 27.8. The van der Waals surface area contributed by atoms with E-state index in [0.717, 1.165) is 125 Å². The number of carbonyl (C=O) groups is 1. The van der Waals surface area contributed by atoms with Crippen LogP contribution in [0.5, 0.6) is 28.7 Å². The molecule has 13 aromatic rings. The molecule has 12 heteroatoms. The fourth-order valence-electron chi connectivity index (χ4n) is 30.5. The highest BCUT2D eigenvalue weighted by atomic mass is 79.9. The van der Waals surface area contributed by atoms with Gasteiger partial charge in [-0.2, -0.15) is 0 Å². The average molecular weight is 1920 g/mol. The van der Waals surface area contributed by atoms with E-state index in [4.69, 9.17) is 23.7 Å². The predicted octanol–water partition coefficient (Wildman–Crippen LogP) is 30.4. The van der Waals surface area contributed by atoms with Crippen LogP contribution in [-0.4, -0.2) is 63.6 Å². The highest BCUT2D eigenvalue weighted by molar-refractivity contribution is 9.10. The second-order valence-corrected chi connectivity index (χ2v) is 46.0. The van der Waals surface area contributed by atoms with Crippen LogP contribution in [0.3, 0.4) is 0 Å². The van der Waals surface area contributed by atoms with Gasteiger partial charge in [-0.25, -0.2) is 0 Å². The van der Waals surface area contributed by atoms with Crippen molar-refractivity contribution in [2.75, 3.05) is 35.5 Å². The fourth-order valence-corrected chi connectivity index (χ4v) is 31.2. The van der Waals surface area contributed by atoms with E-state index in [2.05, 4.69) is 241 Å². The summed E-state index contributed by atoms with van der Waals surface area (Å²) in [5.41, 5.74) is 20.4. The SMILES string of the molecule is COc1ccc(-c2ccc3cc(C)ccc3c2)cc1C12CC3CC(CC(C3)C1)C2.COc1ccc(-c2ccc3cc(C)ccc3c2)cc1C12CC3CC(CC(C3)C1)C2.COc1ccc(-c2ccc3cc(C4=C(O)CCC4=O)ccc3c2)cc1C12CC3CC(CC(C3)C1)C2.COc1ccc(B(O)O)cc1C12CC3CC(CC(C3)C1)C2.COc1ccc(Br)cc1.Cc1ccc2cc(Br)ccc2c1. The van der Waals surface area contributed by atoms with Gasteiger partial charge in [0, 0.05) is 38.5 Å². The van der Waals surface area contributed by atoms with Crippen molar-refractivity contribution in [2.24, 2.45) is 71.0 Å². The molecule has 0 aliphatic heterocycles. The van der Waals surface area contributed by atoms with Gasteiger partial charge in [0.2, 0.25) is 0 Å². The Balaban J connectivity index is 0.000000101. The largest absolute Gasteiger partial charge is 0.512 e. The van der Waals surface area contributed by atoms with E-state index in [9.17, 15) is 19.9 Å². The monoisotopic (exact) mass is 1920 g/mol. The molecule has 0 saturated heterocycles. The molecule has 0 unspecified atom stereocenters. The minimum Gasteiger partial charge on any atom is -0.512 e. The number of fused-ring (bicyclic) bond motifs is 4. The minimum absolute atomic E-state index is 0.0360. The summed E-state index contributed by atoms with van der Waals surface area (Å²) in [4.78, 5) is 12.2. The van der Waals surface area contributed by atoms with Crippen molar-refractivity contribution >= 4 is 98.9 Å². The minimum atomic E-state index is -1.40. The second-order valence-electron chi connectivity index (χ2n) is 44.2. The van der Waals surface area contributed by atoms with E-state index in [1.165, 1.54) is 259 Å². The van der Waals surface area contributed by atoms with Crippen molar-refractivity contribution in [1.29, 1.82) is 0 Å². The Morgan fingerprint density at radius 2 is 0.526 bits per heavy atom. The van der Waals surface area contributed by atoms with Crippen LogP contribution in [0, 0.1) is 91.8 Å². The molecule has 3 N–H and O–H groups in total. The Kier molecular flexibility index (Phi) is 25.6. The quantitative estimate of drug-likeness (QED) is 0.0913. The summed E-state index contributed by atoms with van der Waals surface area (Å²) in [5.74, 6) is 16.3. The maximum atomic E-state index is 12.2. The number of allylic oxidation sites excluding steroid dienone is 2. The highest BCUT2D eigenvalue weighted by Crippen LogP contribution is 2.67. The number of benzene rings is 13. The summed E-state index contributed by atoms with van der Waals surface area (Å²) < 4.78 is 30.5. The van der Waals surface area contributed by atoms with Crippen LogP contribution < -0.4 is 29.1 Å². The number of carbonyl (C=O) groups excluding carboxylic acids is 1. The first-order valence-corrected chi connectivity index (χ1v) is 52.1. The molecular formula is C123H131BBr2O9. The summed E-state index contributed by atoms with van der Waals surface area (Å²) in [6, 6.07) is 86.7. The topological polar surface area (TPSA) is 124 Å². The van der Waals surface area contributed by atoms with Gasteiger partial charge in [-0.1, -0.05) is 188 Å². The van der Waals surface area contributed by atoms with Gasteiger partial charge in [0.25, 0.3) is 0 Å². The van der Waals surface area contributed by atoms with Gasteiger partial charge in [0.05, 0.1) is 41.1 Å². The molecule has 0 aromatic heterocycles. The number of ether oxygens (including phenoxy) is 5. The molecule has 16 saturated carbocycles. The molecule has 0 heterocycles. The number of aryl methyl sites for hydroxylation is 3. The third-order valence-corrected chi connectivity index (χ3v) is 35.9. The van der Waals surface area contributed by atoms with Crippen LogP contribution in [0.15, 0.2) is 257 Å². The van der Waals surface area contributed by atoms with Crippen molar-refractivity contribution in [3.05, 3.63) is 302 Å². The van der Waals surface area contributed by atoms with E-state index in [-0.39, 0.29) is 22.4 Å². The Hall–Kier alpha value is -9.95. The summed E-state index contributed by atoms with van der Waals surface area (Å²) in [6.45, 7) is 6.44. The Labute approximate surface area is 816 Å². The third-order valence-electron chi connectivity index (χ3n) is 34.8. The van der Waals surface area contributed by atoms with Gasteiger partial charge >= 0.3 is 7.12 Å². The first kappa shape index (κ1) is 91.5.